The van der Waals surface area contributed by atoms with E-state index in [-0.39, 0.29) is 21.5 Å². The predicted octanol–water partition coefficient (Wildman–Crippen LogP) is 5.83. The van der Waals surface area contributed by atoms with Gasteiger partial charge in [0.2, 0.25) is 15.9 Å². The molecule has 3 aromatic carbocycles. The zero-order chi connectivity index (χ0) is 25.7. The molecule has 1 aliphatic heterocycles. The third kappa shape index (κ3) is 6.56. The zero-order valence-electron chi connectivity index (χ0n) is 19.4. The molecule has 6 nitrogen and oxygen atoms in total. The fraction of sp³-hybridized carbons (Fsp3) is 0.269. The van der Waals surface area contributed by atoms with Crippen molar-refractivity contribution in [2.24, 2.45) is 5.92 Å². The average Bonchev–Trinajstić information content (AvgIpc) is 2.86. The lowest BCUT2D eigenvalue weighted by atomic mass is 9.91. The Kier molecular flexibility index (Phi) is 8.51. The van der Waals surface area contributed by atoms with E-state index < -0.39 is 21.7 Å². The van der Waals surface area contributed by atoms with Gasteiger partial charge in [-0.1, -0.05) is 53.5 Å². The summed E-state index contributed by atoms with van der Waals surface area (Å²) in [5.74, 6) is -0.558. The average molecular weight is 550 g/mol. The molecule has 0 radical (unpaired) electrons. The Balaban J connectivity index is 1.36. The van der Waals surface area contributed by atoms with E-state index in [1.807, 2.05) is 18.2 Å². The summed E-state index contributed by atoms with van der Waals surface area (Å²) in [5, 5.41) is 5.53. The van der Waals surface area contributed by atoms with Crippen molar-refractivity contribution in [1.29, 1.82) is 0 Å². The number of carbonyl (C=O) groups is 1. The molecule has 0 saturated carbocycles. The number of rotatable bonds is 8. The number of sulfonamides is 1. The molecule has 4 rings (SSSR count). The van der Waals surface area contributed by atoms with Crippen LogP contribution < -0.4 is 10.6 Å². The van der Waals surface area contributed by atoms with E-state index in [4.69, 9.17) is 23.2 Å². The van der Waals surface area contributed by atoms with Crippen LogP contribution in [0.25, 0.3) is 0 Å². The molecule has 0 aliphatic carbocycles. The quantitative estimate of drug-likeness (QED) is 0.370. The lowest BCUT2D eigenvalue weighted by Crippen LogP contribution is -2.39. The highest BCUT2D eigenvalue weighted by Gasteiger charge is 2.31. The Morgan fingerprint density at radius 2 is 1.64 bits per heavy atom. The maximum atomic E-state index is 13.4. The fourth-order valence-corrected chi connectivity index (χ4v) is 6.36. The van der Waals surface area contributed by atoms with Crippen LogP contribution in [0, 0.1) is 11.7 Å². The zero-order valence-corrected chi connectivity index (χ0v) is 21.7. The van der Waals surface area contributed by atoms with E-state index in [0.29, 0.717) is 30.4 Å². The van der Waals surface area contributed by atoms with Gasteiger partial charge in [-0.3, -0.25) is 4.79 Å². The number of piperidine rings is 1. The topological polar surface area (TPSA) is 78.5 Å². The van der Waals surface area contributed by atoms with Gasteiger partial charge in [-0.2, -0.15) is 4.31 Å². The smallest absolute Gasteiger partial charge is 0.244 e. The van der Waals surface area contributed by atoms with E-state index in [1.165, 1.54) is 34.1 Å². The molecule has 0 spiro atoms. The first-order valence-corrected chi connectivity index (χ1v) is 13.7. The molecule has 10 heteroatoms. The van der Waals surface area contributed by atoms with Crippen LogP contribution in [-0.2, 0) is 21.2 Å². The van der Waals surface area contributed by atoms with Crippen molar-refractivity contribution < 1.29 is 17.6 Å². The van der Waals surface area contributed by atoms with Crippen molar-refractivity contribution in [1.82, 2.24) is 4.31 Å². The summed E-state index contributed by atoms with van der Waals surface area (Å²) in [6.07, 6.45) is 2.48. The third-order valence-electron chi connectivity index (χ3n) is 6.15. The maximum Gasteiger partial charge on any atom is 0.244 e. The molecule has 0 unspecified atom stereocenters. The van der Waals surface area contributed by atoms with Crippen LogP contribution in [0.2, 0.25) is 10.0 Å². The molecule has 1 aliphatic rings. The van der Waals surface area contributed by atoms with Crippen LogP contribution in [0.3, 0.4) is 0 Å². The minimum absolute atomic E-state index is 0.00130. The summed E-state index contributed by atoms with van der Waals surface area (Å²) >= 11 is 12.0. The highest BCUT2D eigenvalue weighted by molar-refractivity contribution is 7.89. The summed E-state index contributed by atoms with van der Waals surface area (Å²) in [6.45, 7) is 0.716. The third-order valence-corrected chi connectivity index (χ3v) is 8.82. The Morgan fingerprint density at radius 3 is 2.33 bits per heavy atom. The minimum Gasteiger partial charge on any atom is -0.376 e. The van der Waals surface area contributed by atoms with Crippen LogP contribution in [0.4, 0.5) is 15.8 Å². The van der Waals surface area contributed by atoms with Gasteiger partial charge >= 0.3 is 0 Å². The fourth-order valence-electron chi connectivity index (χ4n) is 4.21. The Morgan fingerprint density at radius 1 is 0.944 bits per heavy atom. The summed E-state index contributed by atoms with van der Waals surface area (Å²) in [6, 6.07) is 18.6. The van der Waals surface area contributed by atoms with Gasteiger partial charge in [-0.15, -0.1) is 0 Å². The number of hydrogen-bond donors (Lipinski definition) is 2. The molecule has 0 bridgehead atoms. The van der Waals surface area contributed by atoms with Crippen LogP contribution in [0.15, 0.2) is 71.6 Å². The maximum absolute atomic E-state index is 13.4. The number of nitrogens with one attached hydrogen (secondary N) is 2. The summed E-state index contributed by atoms with van der Waals surface area (Å²) in [5.41, 5.74) is 2.04. The number of halogens is 3. The highest BCUT2D eigenvalue weighted by atomic mass is 35.5. The lowest BCUT2D eigenvalue weighted by Gasteiger charge is -2.31. The normalized spacial score (nSPS) is 15.0. The van der Waals surface area contributed by atoms with E-state index >= 15 is 0 Å². The van der Waals surface area contributed by atoms with Crippen LogP contribution in [0.5, 0.6) is 0 Å². The first-order valence-electron chi connectivity index (χ1n) is 11.5. The monoisotopic (exact) mass is 549 g/mol. The highest BCUT2D eigenvalue weighted by Crippen LogP contribution is 2.31. The minimum atomic E-state index is -3.80. The second kappa shape index (κ2) is 11.6. The molecule has 190 valence electrons. The molecule has 1 saturated heterocycles. The van der Waals surface area contributed by atoms with Gasteiger partial charge in [-0.25, -0.2) is 12.8 Å². The molecule has 0 atom stereocenters. The molecular formula is C26H26Cl2FN3O3S. The van der Waals surface area contributed by atoms with E-state index in [0.717, 1.165) is 25.3 Å². The van der Waals surface area contributed by atoms with Gasteiger partial charge in [0.15, 0.2) is 0 Å². The van der Waals surface area contributed by atoms with E-state index in [9.17, 15) is 17.6 Å². The van der Waals surface area contributed by atoms with E-state index in [2.05, 4.69) is 22.8 Å². The first kappa shape index (κ1) is 26.4. The number of hydrogen-bond acceptors (Lipinski definition) is 4. The largest absolute Gasteiger partial charge is 0.376 e. The van der Waals surface area contributed by atoms with Crippen molar-refractivity contribution in [2.75, 3.05) is 30.3 Å². The van der Waals surface area contributed by atoms with Gasteiger partial charge in [0.1, 0.15) is 10.7 Å². The molecule has 3 aromatic rings. The van der Waals surface area contributed by atoms with Crippen LogP contribution in [0.1, 0.15) is 18.4 Å². The van der Waals surface area contributed by atoms with Gasteiger partial charge < -0.3 is 10.6 Å². The van der Waals surface area contributed by atoms with E-state index in [1.54, 1.807) is 6.07 Å². The molecule has 1 heterocycles. The van der Waals surface area contributed by atoms with Crippen molar-refractivity contribution in [3.05, 3.63) is 88.2 Å². The van der Waals surface area contributed by atoms with Crippen molar-refractivity contribution in [2.45, 2.75) is 24.2 Å². The number of anilines is 2. The molecule has 36 heavy (non-hydrogen) atoms. The van der Waals surface area contributed by atoms with Crippen molar-refractivity contribution in [3.8, 4) is 0 Å². The Hall–Kier alpha value is -2.65. The molecule has 2 N–H and O–H groups in total. The molecule has 0 aromatic heterocycles. The van der Waals surface area contributed by atoms with Gasteiger partial charge in [-0.05, 0) is 67.1 Å². The second-order valence-corrected chi connectivity index (χ2v) is 11.4. The van der Waals surface area contributed by atoms with Gasteiger partial charge in [0.25, 0.3) is 0 Å². The second-order valence-electron chi connectivity index (χ2n) is 8.71. The first-order chi connectivity index (χ1) is 17.2. The summed E-state index contributed by atoms with van der Waals surface area (Å²) < 4.78 is 41.5. The SMILES string of the molecule is O=C(CNc1ccc(Cl)c(S(=O)(=O)N2CCC(Cc3ccccc3)CC2)c1)Nc1ccc(F)c(Cl)c1. The van der Waals surface area contributed by atoms with Gasteiger partial charge in [0.05, 0.1) is 16.6 Å². The molecular weight excluding hydrogens is 524 g/mol. The van der Waals surface area contributed by atoms with Crippen LogP contribution >= 0.6 is 23.2 Å². The molecule has 1 fully saturated rings. The predicted molar refractivity (Wildman–Crippen MR) is 142 cm³/mol. The Labute approximate surface area is 220 Å². The number of nitrogens with zero attached hydrogens (tertiary/aromatic N) is 1. The number of benzene rings is 3. The van der Waals surface area contributed by atoms with Crippen LogP contribution in [-0.4, -0.2) is 38.3 Å². The van der Waals surface area contributed by atoms with Crippen molar-refractivity contribution in [3.63, 3.8) is 0 Å². The van der Waals surface area contributed by atoms with Crippen molar-refractivity contribution >= 4 is 50.5 Å². The standard InChI is InChI=1S/C26H26Cl2FN3O3S/c27-22-8-6-20(30-17-26(33)31-21-7-9-24(29)23(28)15-21)16-25(22)36(34,35)32-12-10-19(11-13-32)14-18-4-2-1-3-5-18/h1-9,15-16,19,30H,10-14,17H2,(H,31,33). The Bertz CT molecular complexity index is 1330. The number of amides is 1. The number of carbonyl (C=O) groups excluding carboxylic acids is 1. The summed E-state index contributed by atoms with van der Waals surface area (Å²) in [4.78, 5) is 12.3. The summed E-state index contributed by atoms with van der Waals surface area (Å²) in [7, 11) is -3.80. The molecule has 1 amide bonds. The van der Waals surface area contributed by atoms with Gasteiger partial charge in [0, 0.05) is 24.5 Å². The lowest BCUT2D eigenvalue weighted by molar-refractivity contribution is -0.114.